The topological polar surface area (TPSA) is 75.3 Å². The zero-order chi connectivity index (χ0) is 20.2. The van der Waals surface area contributed by atoms with E-state index in [1.54, 1.807) is 32.9 Å². The van der Waals surface area contributed by atoms with E-state index in [1.807, 2.05) is 0 Å². The van der Waals surface area contributed by atoms with Crippen LogP contribution in [0.2, 0.25) is 0 Å². The molecule has 0 saturated carbocycles. The predicted molar refractivity (Wildman–Crippen MR) is 103 cm³/mol. The molecule has 146 valence electrons. The van der Waals surface area contributed by atoms with Gasteiger partial charge in [-0.05, 0) is 51.1 Å². The van der Waals surface area contributed by atoms with Crippen LogP contribution in [0.15, 0.2) is 58.3 Å². The molecule has 27 heavy (non-hydrogen) atoms. The first kappa shape index (κ1) is 21.3. The number of nitrogens with one attached hydrogen (secondary N) is 2. The third kappa shape index (κ3) is 6.30. The van der Waals surface area contributed by atoms with Gasteiger partial charge in [0.15, 0.2) is 0 Å². The summed E-state index contributed by atoms with van der Waals surface area (Å²) in [6.07, 6.45) is 0. The van der Waals surface area contributed by atoms with Gasteiger partial charge in [0.1, 0.15) is 0 Å². The number of anilines is 1. The van der Waals surface area contributed by atoms with Crippen molar-refractivity contribution >= 4 is 33.4 Å². The van der Waals surface area contributed by atoms with Gasteiger partial charge in [-0.2, -0.15) is 8.78 Å². The first-order valence-electron chi connectivity index (χ1n) is 7.97. The molecule has 2 aromatic carbocycles. The molecule has 0 aliphatic rings. The van der Waals surface area contributed by atoms with Gasteiger partial charge in [-0.25, -0.2) is 13.1 Å². The van der Waals surface area contributed by atoms with Crippen molar-refractivity contribution < 1.29 is 22.0 Å². The average Bonchev–Trinajstić information content (AvgIpc) is 2.54. The molecule has 0 saturated heterocycles. The number of halogens is 2. The summed E-state index contributed by atoms with van der Waals surface area (Å²) in [5.74, 6) is -3.22. The predicted octanol–water partition coefficient (Wildman–Crippen LogP) is 4.33. The molecule has 0 spiro atoms. The van der Waals surface area contributed by atoms with Crippen molar-refractivity contribution in [3.63, 3.8) is 0 Å². The number of thioether (sulfide) groups is 1. The Morgan fingerprint density at radius 1 is 1.07 bits per heavy atom. The van der Waals surface area contributed by atoms with Crippen LogP contribution in [-0.2, 0) is 10.0 Å². The molecular weight excluding hydrogens is 394 g/mol. The molecule has 0 aliphatic carbocycles. The molecule has 0 bridgehead atoms. The second-order valence-corrected chi connectivity index (χ2v) is 9.43. The minimum atomic E-state index is -3.80. The Hall–Kier alpha value is -1.97. The number of amides is 1. The number of alkyl halides is 2. The zero-order valence-corrected chi connectivity index (χ0v) is 16.6. The Morgan fingerprint density at radius 3 is 2.37 bits per heavy atom. The van der Waals surface area contributed by atoms with Crippen molar-refractivity contribution in [2.45, 2.75) is 41.9 Å². The average molecular weight is 414 g/mol. The molecule has 0 radical (unpaired) electrons. The second-order valence-electron chi connectivity index (χ2n) is 6.71. The van der Waals surface area contributed by atoms with E-state index < -0.39 is 27.2 Å². The van der Waals surface area contributed by atoms with Crippen LogP contribution in [-0.4, -0.2) is 25.6 Å². The van der Waals surface area contributed by atoms with Crippen LogP contribution in [0.5, 0.6) is 0 Å². The van der Waals surface area contributed by atoms with E-state index in [4.69, 9.17) is 0 Å². The van der Waals surface area contributed by atoms with Gasteiger partial charge in [0.25, 0.3) is 11.7 Å². The third-order valence-corrected chi connectivity index (χ3v) is 5.74. The first-order valence-corrected chi connectivity index (χ1v) is 10.3. The molecule has 5 nitrogen and oxygen atoms in total. The molecule has 0 fully saturated rings. The second kappa shape index (κ2) is 8.37. The van der Waals surface area contributed by atoms with Crippen molar-refractivity contribution in [1.29, 1.82) is 0 Å². The van der Waals surface area contributed by atoms with Crippen molar-refractivity contribution in [3.05, 3.63) is 54.1 Å². The largest absolute Gasteiger partial charge is 0.321 e. The maximum absolute atomic E-state index is 12.7. The molecular formula is C18H20F2N2O3S2. The van der Waals surface area contributed by atoms with Crippen LogP contribution in [0.3, 0.4) is 0 Å². The van der Waals surface area contributed by atoms with Gasteiger partial charge in [-0.1, -0.05) is 30.0 Å². The maximum Gasteiger partial charge on any atom is 0.288 e. The molecule has 2 N–H and O–H groups in total. The van der Waals surface area contributed by atoms with Crippen LogP contribution < -0.4 is 10.0 Å². The lowest BCUT2D eigenvalue weighted by Crippen LogP contribution is -2.40. The fourth-order valence-electron chi connectivity index (χ4n) is 2.23. The van der Waals surface area contributed by atoms with E-state index in [0.29, 0.717) is 11.8 Å². The SMILES string of the molecule is CC(C)(C)NS(=O)(=O)c1cccc(C(=O)Nc2ccccc2SC(F)F)c1. The van der Waals surface area contributed by atoms with Gasteiger partial charge in [-0.15, -0.1) is 0 Å². The summed E-state index contributed by atoms with van der Waals surface area (Å²) in [6, 6.07) is 11.7. The lowest BCUT2D eigenvalue weighted by molar-refractivity contribution is 0.102. The lowest BCUT2D eigenvalue weighted by Gasteiger charge is -2.20. The highest BCUT2D eigenvalue weighted by Gasteiger charge is 2.23. The van der Waals surface area contributed by atoms with E-state index >= 15 is 0 Å². The van der Waals surface area contributed by atoms with Gasteiger partial charge in [0.2, 0.25) is 10.0 Å². The quantitative estimate of drug-likeness (QED) is 0.690. The molecule has 0 unspecified atom stereocenters. The van der Waals surface area contributed by atoms with E-state index in [2.05, 4.69) is 10.0 Å². The standard InChI is InChI=1S/C18H20F2N2O3S2/c1-18(2,3)22-27(24,25)13-8-6-7-12(11-13)16(23)21-14-9-4-5-10-15(14)26-17(19)20/h4-11,17,22H,1-3H3,(H,21,23). The van der Waals surface area contributed by atoms with Gasteiger partial charge in [-0.3, -0.25) is 4.79 Å². The van der Waals surface area contributed by atoms with Crippen LogP contribution in [0.25, 0.3) is 0 Å². The molecule has 1 amide bonds. The summed E-state index contributed by atoms with van der Waals surface area (Å²) in [4.78, 5) is 12.7. The maximum atomic E-state index is 12.7. The van der Waals surface area contributed by atoms with Crippen LogP contribution >= 0.6 is 11.8 Å². The molecule has 0 atom stereocenters. The highest BCUT2D eigenvalue weighted by molar-refractivity contribution is 7.99. The Bertz CT molecular complexity index is 926. The number of rotatable bonds is 6. The number of carbonyl (C=O) groups excluding carboxylic acids is 1. The fraction of sp³-hybridized carbons (Fsp3) is 0.278. The van der Waals surface area contributed by atoms with E-state index in [0.717, 1.165) is 0 Å². The smallest absolute Gasteiger partial charge is 0.288 e. The summed E-state index contributed by atoms with van der Waals surface area (Å²) in [6.45, 7) is 5.12. The number of benzene rings is 2. The molecule has 0 aliphatic heterocycles. The molecule has 2 rings (SSSR count). The van der Waals surface area contributed by atoms with Crippen molar-refractivity contribution in [2.24, 2.45) is 0 Å². The number of para-hydroxylation sites is 1. The zero-order valence-electron chi connectivity index (χ0n) is 15.0. The van der Waals surface area contributed by atoms with Gasteiger partial charge in [0, 0.05) is 16.0 Å². The molecule has 0 aromatic heterocycles. The minimum absolute atomic E-state index is 0.0553. The monoisotopic (exact) mass is 414 g/mol. The van der Waals surface area contributed by atoms with Gasteiger partial charge >= 0.3 is 0 Å². The van der Waals surface area contributed by atoms with Crippen molar-refractivity contribution in [3.8, 4) is 0 Å². The first-order chi connectivity index (χ1) is 12.5. The van der Waals surface area contributed by atoms with E-state index in [-0.39, 0.29) is 21.0 Å². The fourth-order valence-corrected chi connectivity index (χ4v) is 4.29. The third-order valence-electron chi connectivity index (χ3n) is 3.20. The van der Waals surface area contributed by atoms with Crippen LogP contribution in [0, 0.1) is 0 Å². The van der Waals surface area contributed by atoms with Gasteiger partial charge in [0.05, 0.1) is 10.6 Å². The summed E-state index contributed by atoms with van der Waals surface area (Å²) < 4.78 is 52.7. The highest BCUT2D eigenvalue weighted by atomic mass is 32.2. The number of hydrogen-bond acceptors (Lipinski definition) is 4. The van der Waals surface area contributed by atoms with Crippen molar-refractivity contribution in [1.82, 2.24) is 4.72 Å². The summed E-state index contributed by atoms with van der Waals surface area (Å²) in [5.41, 5.74) is -0.347. The summed E-state index contributed by atoms with van der Waals surface area (Å²) in [5, 5.41) is 2.55. The Balaban J connectivity index is 2.27. The minimum Gasteiger partial charge on any atom is -0.321 e. The van der Waals surface area contributed by atoms with Gasteiger partial charge < -0.3 is 5.32 Å². The Kier molecular flexibility index (Phi) is 6.61. The van der Waals surface area contributed by atoms with Crippen LogP contribution in [0.4, 0.5) is 14.5 Å². The van der Waals surface area contributed by atoms with Crippen LogP contribution in [0.1, 0.15) is 31.1 Å². The van der Waals surface area contributed by atoms with E-state index in [9.17, 15) is 22.0 Å². The number of sulfonamides is 1. The van der Waals surface area contributed by atoms with E-state index in [1.165, 1.54) is 36.4 Å². The number of hydrogen-bond donors (Lipinski definition) is 2. The lowest BCUT2D eigenvalue weighted by atomic mass is 10.1. The summed E-state index contributed by atoms with van der Waals surface area (Å²) >= 11 is 0.322. The number of carbonyl (C=O) groups is 1. The Labute approximate surface area is 161 Å². The van der Waals surface area contributed by atoms with Crippen molar-refractivity contribution in [2.75, 3.05) is 5.32 Å². The highest BCUT2D eigenvalue weighted by Crippen LogP contribution is 2.31. The Morgan fingerprint density at radius 2 is 1.74 bits per heavy atom. The molecule has 0 heterocycles. The summed E-state index contributed by atoms with van der Waals surface area (Å²) in [7, 11) is -3.80. The molecule has 9 heteroatoms. The normalized spacial score (nSPS) is 12.2. The molecule has 2 aromatic rings.